The molecule has 15 heavy (non-hydrogen) atoms. The number of amides is 1. The minimum atomic E-state index is -0.244. The van der Waals surface area contributed by atoms with Crippen molar-refractivity contribution < 1.29 is 14.3 Å². The standard InChI is InChI=1S/C10H16N2O3/c1-7-9(15-8(2)12-7)10(14)11-5-3-4-6-13/h13H,3-6H2,1-2H3,(H,11,14). The van der Waals surface area contributed by atoms with Crippen molar-refractivity contribution in [3.05, 3.63) is 17.3 Å². The molecule has 0 saturated heterocycles. The number of aromatic nitrogens is 1. The molecule has 0 bridgehead atoms. The summed E-state index contributed by atoms with van der Waals surface area (Å²) in [5.41, 5.74) is 0.604. The third kappa shape index (κ3) is 3.36. The molecule has 1 heterocycles. The molecule has 0 spiro atoms. The van der Waals surface area contributed by atoms with Gasteiger partial charge in [-0.15, -0.1) is 0 Å². The van der Waals surface area contributed by atoms with E-state index >= 15 is 0 Å². The maximum absolute atomic E-state index is 11.5. The Balaban J connectivity index is 2.43. The first-order valence-electron chi connectivity index (χ1n) is 4.98. The number of unbranched alkanes of at least 4 members (excludes halogenated alkanes) is 1. The molecule has 0 radical (unpaired) electrons. The maximum Gasteiger partial charge on any atom is 0.289 e. The van der Waals surface area contributed by atoms with Gasteiger partial charge in [0.2, 0.25) is 5.76 Å². The number of aliphatic hydroxyl groups excluding tert-OH is 1. The van der Waals surface area contributed by atoms with Gasteiger partial charge in [-0.1, -0.05) is 0 Å². The third-order valence-corrected chi connectivity index (χ3v) is 1.98. The van der Waals surface area contributed by atoms with Crippen LogP contribution in [0, 0.1) is 13.8 Å². The van der Waals surface area contributed by atoms with Gasteiger partial charge in [0.05, 0.1) is 5.69 Å². The van der Waals surface area contributed by atoms with Crippen molar-refractivity contribution in [1.82, 2.24) is 10.3 Å². The van der Waals surface area contributed by atoms with Gasteiger partial charge in [-0.05, 0) is 19.8 Å². The Hall–Kier alpha value is -1.36. The van der Waals surface area contributed by atoms with Crippen LogP contribution in [0.25, 0.3) is 0 Å². The van der Waals surface area contributed by atoms with Crippen molar-refractivity contribution in [2.24, 2.45) is 0 Å². The summed E-state index contributed by atoms with van der Waals surface area (Å²) in [4.78, 5) is 15.5. The van der Waals surface area contributed by atoms with E-state index in [-0.39, 0.29) is 18.3 Å². The molecular formula is C10H16N2O3. The molecule has 1 amide bonds. The predicted octanol–water partition coefficient (Wildman–Crippen LogP) is 0.794. The molecule has 0 unspecified atom stereocenters. The van der Waals surface area contributed by atoms with Gasteiger partial charge in [0.25, 0.3) is 5.91 Å². The van der Waals surface area contributed by atoms with E-state index in [1.54, 1.807) is 13.8 Å². The molecule has 0 atom stereocenters. The zero-order valence-corrected chi connectivity index (χ0v) is 9.04. The summed E-state index contributed by atoms with van der Waals surface area (Å²) in [5.74, 6) is 0.524. The second-order valence-corrected chi connectivity index (χ2v) is 3.33. The molecule has 1 rings (SSSR count). The Morgan fingerprint density at radius 3 is 2.73 bits per heavy atom. The predicted molar refractivity (Wildman–Crippen MR) is 54.6 cm³/mol. The highest BCUT2D eigenvalue weighted by Gasteiger charge is 2.14. The van der Waals surface area contributed by atoms with Crippen molar-refractivity contribution in [3.63, 3.8) is 0 Å². The molecule has 0 fully saturated rings. The first-order chi connectivity index (χ1) is 7.15. The average Bonchev–Trinajstić information content (AvgIpc) is 2.52. The van der Waals surface area contributed by atoms with Gasteiger partial charge in [-0.3, -0.25) is 4.79 Å². The van der Waals surface area contributed by atoms with Gasteiger partial charge in [-0.25, -0.2) is 4.98 Å². The first-order valence-corrected chi connectivity index (χ1v) is 4.98. The molecule has 5 nitrogen and oxygen atoms in total. The lowest BCUT2D eigenvalue weighted by atomic mass is 10.3. The Morgan fingerprint density at radius 2 is 2.20 bits per heavy atom. The Bertz CT molecular complexity index is 333. The van der Waals surface area contributed by atoms with Crippen molar-refractivity contribution in [3.8, 4) is 0 Å². The van der Waals surface area contributed by atoms with Crippen LogP contribution in [-0.2, 0) is 0 Å². The second-order valence-electron chi connectivity index (χ2n) is 3.33. The van der Waals surface area contributed by atoms with Gasteiger partial charge in [-0.2, -0.15) is 0 Å². The van der Waals surface area contributed by atoms with Gasteiger partial charge >= 0.3 is 0 Å². The Labute approximate surface area is 88.5 Å². The molecule has 0 aliphatic carbocycles. The van der Waals surface area contributed by atoms with E-state index in [4.69, 9.17) is 9.52 Å². The lowest BCUT2D eigenvalue weighted by molar-refractivity contribution is 0.0922. The fraction of sp³-hybridized carbons (Fsp3) is 0.600. The largest absolute Gasteiger partial charge is 0.436 e. The molecule has 2 N–H and O–H groups in total. The summed E-state index contributed by atoms with van der Waals surface area (Å²) in [7, 11) is 0. The number of rotatable bonds is 5. The van der Waals surface area contributed by atoms with Gasteiger partial charge in [0.15, 0.2) is 5.89 Å². The number of aliphatic hydroxyl groups is 1. The second kappa shape index (κ2) is 5.50. The van der Waals surface area contributed by atoms with Crippen LogP contribution in [0.5, 0.6) is 0 Å². The van der Waals surface area contributed by atoms with Crippen LogP contribution >= 0.6 is 0 Å². The van der Waals surface area contributed by atoms with Crippen molar-refractivity contribution in [2.75, 3.05) is 13.2 Å². The Morgan fingerprint density at radius 1 is 1.47 bits per heavy atom. The summed E-state index contributed by atoms with van der Waals surface area (Å²) in [6.45, 7) is 4.13. The highest BCUT2D eigenvalue weighted by Crippen LogP contribution is 2.08. The topological polar surface area (TPSA) is 75.4 Å². The number of aryl methyl sites for hydroxylation is 2. The van der Waals surface area contributed by atoms with Crippen molar-refractivity contribution >= 4 is 5.91 Å². The van der Waals surface area contributed by atoms with Crippen molar-refractivity contribution in [1.29, 1.82) is 0 Å². The number of nitrogens with one attached hydrogen (secondary N) is 1. The third-order valence-electron chi connectivity index (χ3n) is 1.98. The summed E-state index contributed by atoms with van der Waals surface area (Å²) in [6.07, 6.45) is 1.45. The van der Waals surface area contributed by atoms with Crippen LogP contribution in [-0.4, -0.2) is 29.1 Å². The number of nitrogens with zero attached hydrogens (tertiary/aromatic N) is 1. The number of hydrogen-bond acceptors (Lipinski definition) is 4. The van der Waals surface area contributed by atoms with E-state index in [1.807, 2.05) is 0 Å². The van der Waals surface area contributed by atoms with E-state index in [0.717, 1.165) is 6.42 Å². The van der Waals surface area contributed by atoms with Crippen molar-refractivity contribution in [2.45, 2.75) is 26.7 Å². The summed E-state index contributed by atoms with van der Waals surface area (Å²) < 4.78 is 5.16. The quantitative estimate of drug-likeness (QED) is 0.708. The molecule has 0 aliphatic heterocycles. The number of oxazole rings is 1. The average molecular weight is 212 g/mol. The molecule has 0 saturated carbocycles. The molecule has 0 aromatic carbocycles. The van der Waals surface area contributed by atoms with Gasteiger partial charge in [0, 0.05) is 20.1 Å². The number of carbonyl (C=O) groups is 1. The lowest BCUT2D eigenvalue weighted by Crippen LogP contribution is -2.24. The van der Waals surface area contributed by atoms with Crippen LogP contribution in [0.3, 0.4) is 0 Å². The highest BCUT2D eigenvalue weighted by atomic mass is 16.4. The molecule has 5 heteroatoms. The summed E-state index contributed by atoms with van der Waals surface area (Å²) >= 11 is 0. The van der Waals surface area contributed by atoms with Gasteiger partial charge < -0.3 is 14.8 Å². The van der Waals surface area contributed by atoms with E-state index in [1.165, 1.54) is 0 Å². The van der Waals surface area contributed by atoms with Crippen LogP contribution in [0.2, 0.25) is 0 Å². The van der Waals surface area contributed by atoms with Crippen LogP contribution in [0.15, 0.2) is 4.42 Å². The van der Waals surface area contributed by atoms with Gasteiger partial charge in [0.1, 0.15) is 0 Å². The molecule has 1 aromatic heterocycles. The first kappa shape index (κ1) is 11.7. The smallest absolute Gasteiger partial charge is 0.289 e. The van der Waals surface area contributed by atoms with E-state index in [9.17, 15) is 4.79 Å². The lowest BCUT2D eigenvalue weighted by Gasteiger charge is -2.01. The van der Waals surface area contributed by atoms with E-state index in [2.05, 4.69) is 10.3 Å². The SMILES string of the molecule is Cc1nc(C)c(C(=O)NCCCCO)o1. The Kier molecular flexibility index (Phi) is 4.30. The number of carbonyl (C=O) groups excluding carboxylic acids is 1. The zero-order chi connectivity index (χ0) is 11.3. The monoisotopic (exact) mass is 212 g/mol. The molecule has 84 valence electrons. The molecule has 1 aromatic rings. The summed E-state index contributed by atoms with van der Waals surface area (Å²) in [5, 5.41) is 11.3. The normalized spacial score (nSPS) is 10.3. The maximum atomic E-state index is 11.5. The van der Waals surface area contributed by atoms with E-state index < -0.39 is 0 Å². The fourth-order valence-corrected chi connectivity index (χ4v) is 1.26. The van der Waals surface area contributed by atoms with E-state index in [0.29, 0.717) is 24.6 Å². The van der Waals surface area contributed by atoms with Crippen LogP contribution in [0.1, 0.15) is 35.0 Å². The zero-order valence-electron chi connectivity index (χ0n) is 9.04. The minimum absolute atomic E-state index is 0.149. The van der Waals surface area contributed by atoms with Crippen LogP contribution in [0.4, 0.5) is 0 Å². The highest BCUT2D eigenvalue weighted by molar-refractivity contribution is 5.92. The summed E-state index contributed by atoms with van der Waals surface area (Å²) in [6, 6.07) is 0. The number of hydrogen-bond donors (Lipinski definition) is 2. The van der Waals surface area contributed by atoms with Crippen LogP contribution < -0.4 is 5.32 Å². The molecule has 0 aliphatic rings. The minimum Gasteiger partial charge on any atom is -0.436 e. The molecular weight excluding hydrogens is 196 g/mol. The fourth-order valence-electron chi connectivity index (χ4n) is 1.26.